The fourth-order valence-electron chi connectivity index (χ4n) is 3.24. The highest BCUT2D eigenvalue weighted by Gasteiger charge is 2.26. The number of piperidine rings is 1. The molecular weight excluding hydrogens is 290 g/mol. The molecule has 3 aromatic heterocycles. The van der Waals surface area contributed by atoms with E-state index in [9.17, 15) is 0 Å². The van der Waals surface area contributed by atoms with Gasteiger partial charge in [-0.15, -0.1) is 10.2 Å². The first-order valence-corrected chi connectivity index (χ1v) is 8.05. The quantitative estimate of drug-likeness (QED) is 0.737. The molecule has 0 aromatic carbocycles. The van der Waals surface area contributed by atoms with Crippen LogP contribution < -0.4 is 4.90 Å². The monoisotopic (exact) mass is 309 g/mol. The highest BCUT2D eigenvalue weighted by Crippen LogP contribution is 2.28. The lowest BCUT2D eigenvalue weighted by molar-refractivity contribution is 0.471. The number of hydrogen-bond acceptors (Lipinski definition) is 6. The number of aryl methyl sites for hydroxylation is 1. The van der Waals surface area contributed by atoms with Gasteiger partial charge in [-0.25, -0.2) is 9.97 Å². The molecule has 1 aliphatic rings. The van der Waals surface area contributed by atoms with Gasteiger partial charge in [0.25, 0.3) is 0 Å². The largest absolute Gasteiger partial charge is 0.356 e. The van der Waals surface area contributed by atoms with Gasteiger partial charge in [0.1, 0.15) is 23.5 Å². The summed E-state index contributed by atoms with van der Waals surface area (Å²) >= 11 is 0. The second-order valence-electron chi connectivity index (χ2n) is 5.83. The van der Waals surface area contributed by atoms with Crippen molar-refractivity contribution in [1.29, 1.82) is 0 Å². The molecule has 7 nitrogen and oxygen atoms in total. The minimum atomic E-state index is 0.394. The third kappa shape index (κ3) is 2.62. The summed E-state index contributed by atoms with van der Waals surface area (Å²) in [7, 11) is 0. The van der Waals surface area contributed by atoms with E-state index in [1.807, 2.05) is 18.5 Å². The van der Waals surface area contributed by atoms with Gasteiger partial charge < -0.3 is 9.47 Å². The van der Waals surface area contributed by atoms with Crippen LogP contribution in [0.3, 0.4) is 0 Å². The van der Waals surface area contributed by atoms with Crippen LogP contribution in [0.2, 0.25) is 0 Å². The van der Waals surface area contributed by atoms with Crippen molar-refractivity contribution in [3.05, 3.63) is 36.7 Å². The molecule has 0 bridgehead atoms. The summed E-state index contributed by atoms with van der Waals surface area (Å²) in [6, 6.07) is 4.02. The first-order chi connectivity index (χ1) is 11.3. The van der Waals surface area contributed by atoms with Crippen LogP contribution in [0.5, 0.6) is 0 Å². The Kier molecular flexibility index (Phi) is 3.61. The number of aromatic nitrogens is 6. The molecule has 0 aliphatic carbocycles. The average molecular weight is 309 g/mol. The lowest BCUT2D eigenvalue weighted by atomic mass is 9.97. The molecule has 0 saturated carbocycles. The summed E-state index contributed by atoms with van der Waals surface area (Å²) in [5.41, 5.74) is 1.53. The minimum absolute atomic E-state index is 0.394. The molecule has 3 aromatic rings. The lowest BCUT2D eigenvalue weighted by Crippen LogP contribution is -2.36. The van der Waals surface area contributed by atoms with Crippen molar-refractivity contribution in [2.75, 3.05) is 18.0 Å². The van der Waals surface area contributed by atoms with E-state index in [0.29, 0.717) is 11.6 Å². The summed E-state index contributed by atoms with van der Waals surface area (Å²) in [6.45, 7) is 4.95. The van der Waals surface area contributed by atoms with Gasteiger partial charge >= 0.3 is 0 Å². The summed E-state index contributed by atoms with van der Waals surface area (Å²) < 4.78 is 2.13. The molecule has 7 heteroatoms. The Morgan fingerprint density at radius 2 is 2.13 bits per heavy atom. The van der Waals surface area contributed by atoms with Gasteiger partial charge in [-0.05, 0) is 31.9 Å². The Hall–Kier alpha value is -2.57. The molecule has 118 valence electrons. The molecular formula is C16H19N7. The Morgan fingerprint density at radius 1 is 1.22 bits per heavy atom. The Morgan fingerprint density at radius 3 is 3.04 bits per heavy atom. The molecule has 4 heterocycles. The molecule has 0 amide bonds. The lowest BCUT2D eigenvalue weighted by Gasteiger charge is -2.33. The van der Waals surface area contributed by atoms with E-state index in [1.165, 1.54) is 0 Å². The van der Waals surface area contributed by atoms with Crippen LogP contribution in [-0.2, 0) is 6.54 Å². The van der Waals surface area contributed by atoms with Crippen molar-refractivity contribution in [3.8, 4) is 0 Å². The fourth-order valence-corrected chi connectivity index (χ4v) is 3.24. The predicted octanol–water partition coefficient (Wildman–Crippen LogP) is 2.02. The summed E-state index contributed by atoms with van der Waals surface area (Å²) in [5, 5.41) is 8.40. The van der Waals surface area contributed by atoms with Crippen molar-refractivity contribution < 1.29 is 0 Å². The molecule has 0 N–H and O–H groups in total. The summed E-state index contributed by atoms with van der Waals surface area (Å²) in [6.07, 6.45) is 7.46. The highest BCUT2D eigenvalue weighted by molar-refractivity contribution is 5.71. The maximum atomic E-state index is 4.67. The molecule has 1 atom stereocenters. The first-order valence-electron chi connectivity index (χ1n) is 8.05. The maximum Gasteiger partial charge on any atom is 0.180 e. The van der Waals surface area contributed by atoms with Gasteiger partial charge in [0, 0.05) is 37.9 Å². The van der Waals surface area contributed by atoms with Crippen molar-refractivity contribution in [2.24, 2.45) is 0 Å². The second kappa shape index (κ2) is 5.91. The predicted molar refractivity (Wildman–Crippen MR) is 87.2 cm³/mol. The van der Waals surface area contributed by atoms with Crippen molar-refractivity contribution in [3.63, 3.8) is 0 Å². The maximum absolute atomic E-state index is 4.67. The molecule has 1 fully saturated rings. The third-order valence-corrected chi connectivity index (χ3v) is 4.41. The zero-order chi connectivity index (χ0) is 15.6. The Bertz CT molecular complexity index is 813. The summed E-state index contributed by atoms with van der Waals surface area (Å²) in [5.74, 6) is 2.44. The second-order valence-corrected chi connectivity index (χ2v) is 5.83. The number of pyridine rings is 1. The van der Waals surface area contributed by atoms with Crippen molar-refractivity contribution in [1.82, 2.24) is 29.7 Å². The number of anilines is 1. The van der Waals surface area contributed by atoms with E-state index in [4.69, 9.17) is 0 Å². The van der Waals surface area contributed by atoms with Crippen molar-refractivity contribution >= 4 is 17.0 Å². The van der Waals surface area contributed by atoms with E-state index < -0.39 is 0 Å². The third-order valence-electron chi connectivity index (χ3n) is 4.41. The first kappa shape index (κ1) is 14.0. The van der Waals surface area contributed by atoms with E-state index in [0.717, 1.165) is 49.6 Å². The molecule has 0 spiro atoms. The SMILES string of the molecule is CCn1cnnc1C1CCCN(c2ccc3nccnc3n2)C1. The van der Waals surface area contributed by atoms with Gasteiger partial charge in [0.05, 0.1) is 0 Å². The van der Waals surface area contributed by atoms with Gasteiger partial charge in [0.15, 0.2) is 5.65 Å². The highest BCUT2D eigenvalue weighted by atomic mass is 15.3. The van der Waals surface area contributed by atoms with Crippen LogP contribution in [0, 0.1) is 0 Å². The normalized spacial score (nSPS) is 18.5. The zero-order valence-electron chi connectivity index (χ0n) is 13.1. The molecule has 4 rings (SSSR count). The van der Waals surface area contributed by atoms with Crippen LogP contribution in [0.4, 0.5) is 5.82 Å². The van der Waals surface area contributed by atoms with Crippen LogP contribution in [-0.4, -0.2) is 42.8 Å². The van der Waals surface area contributed by atoms with Crippen LogP contribution >= 0.6 is 0 Å². The van der Waals surface area contributed by atoms with E-state index >= 15 is 0 Å². The molecule has 1 aliphatic heterocycles. The zero-order valence-corrected chi connectivity index (χ0v) is 13.1. The standard InChI is InChI=1S/C16H19N7/c1-2-22-11-19-21-16(22)12-4-3-9-23(10-12)14-6-5-13-15(20-14)18-8-7-17-13/h5-8,11-12H,2-4,9-10H2,1H3. The average Bonchev–Trinajstić information content (AvgIpc) is 3.10. The molecule has 23 heavy (non-hydrogen) atoms. The Balaban J connectivity index is 1.61. The van der Waals surface area contributed by atoms with Gasteiger partial charge in [-0.3, -0.25) is 4.98 Å². The molecule has 1 saturated heterocycles. The molecule has 0 radical (unpaired) electrons. The number of nitrogens with zero attached hydrogens (tertiary/aromatic N) is 7. The van der Waals surface area contributed by atoms with Gasteiger partial charge in [-0.1, -0.05) is 0 Å². The smallest absolute Gasteiger partial charge is 0.180 e. The van der Waals surface area contributed by atoms with Gasteiger partial charge in [-0.2, -0.15) is 0 Å². The van der Waals surface area contributed by atoms with Gasteiger partial charge in [0.2, 0.25) is 0 Å². The van der Waals surface area contributed by atoms with Crippen molar-refractivity contribution in [2.45, 2.75) is 32.2 Å². The van der Waals surface area contributed by atoms with Crippen LogP contribution in [0.15, 0.2) is 30.9 Å². The van der Waals surface area contributed by atoms with E-state index in [2.05, 4.69) is 41.5 Å². The Labute approximate surface area is 134 Å². The summed E-state index contributed by atoms with van der Waals surface area (Å²) in [4.78, 5) is 15.6. The fraction of sp³-hybridized carbons (Fsp3) is 0.438. The number of fused-ring (bicyclic) bond motifs is 1. The topological polar surface area (TPSA) is 72.6 Å². The van der Waals surface area contributed by atoms with Crippen LogP contribution in [0.25, 0.3) is 11.2 Å². The number of rotatable bonds is 3. The van der Waals surface area contributed by atoms with Crippen LogP contribution in [0.1, 0.15) is 31.5 Å². The minimum Gasteiger partial charge on any atom is -0.356 e. The molecule has 1 unspecified atom stereocenters. The van der Waals surface area contributed by atoms with E-state index in [1.54, 1.807) is 12.4 Å². The van der Waals surface area contributed by atoms with E-state index in [-0.39, 0.29) is 0 Å². The number of hydrogen-bond donors (Lipinski definition) is 0.